The number of benzene rings is 3. The van der Waals surface area contributed by atoms with E-state index in [0.29, 0.717) is 38.7 Å². The van der Waals surface area contributed by atoms with Gasteiger partial charge >= 0.3 is 0 Å². The maximum Gasteiger partial charge on any atom is 0.278 e. The van der Waals surface area contributed by atoms with Crippen molar-refractivity contribution in [2.75, 3.05) is 18.0 Å². The fourth-order valence-corrected chi connectivity index (χ4v) is 8.78. The molecular weight excluding hydrogens is 718 g/mol. The summed E-state index contributed by atoms with van der Waals surface area (Å²) >= 11 is 6.23. The molecule has 4 aromatic rings. The summed E-state index contributed by atoms with van der Waals surface area (Å²) in [5.41, 5.74) is 2.02. The number of anilines is 1. The van der Waals surface area contributed by atoms with Crippen LogP contribution in [0.2, 0.25) is 5.02 Å². The topological polar surface area (TPSA) is 159 Å². The summed E-state index contributed by atoms with van der Waals surface area (Å²) in [5.74, 6) is 6.56. The second kappa shape index (κ2) is 14.8. The number of hydrogen-bond donors (Lipinski definition) is 2. The number of carbonyl (C=O) groups is 3. The molecule has 2 saturated heterocycles. The molecule has 12 nitrogen and oxygen atoms in total. The van der Waals surface area contributed by atoms with Gasteiger partial charge in [-0.15, -0.1) is 5.10 Å². The van der Waals surface area contributed by atoms with Gasteiger partial charge in [-0.1, -0.05) is 56.4 Å². The van der Waals surface area contributed by atoms with Crippen LogP contribution >= 0.6 is 11.6 Å². The molecule has 3 fully saturated rings. The first kappa shape index (κ1) is 37.6. The Hall–Kier alpha value is -5.72. The van der Waals surface area contributed by atoms with Crippen LogP contribution in [0.4, 0.5) is 5.69 Å². The lowest BCUT2D eigenvalue weighted by atomic mass is 9.49. The lowest BCUT2D eigenvalue weighted by Crippen LogP contribution is -2.74. The van der Waals surface area contributed by atoms with Crippen molar-refractivity contribution in [1.82, 2.24) is 25.6 Å². The predicted octanol–water partition coefficient (Wildman–Crippen LogP) is 5.56. The first-order valence-electron chi connectivity index (χ1n) is 18.5. The smallest absolute Gasteiger partial charge is 0.278 e. The van der Waals surface area contributed by atoms with Crippen LogP contribution in [0.5, 0.6) is 5.75 Å². The third-order valence-corrected chi connectivity index (χ3v) is 11.7. The Kier molecular flexibility index (Phi) is 10.1. The molecule has 1 unspecified atom stereocenters. The van der Waals surface area contributed by atoms with Gasteiger partial charge in [-0.25, -0.2) is 0 Å². The van der Waals surface area contributed by atoms with Crippen LogP contribution < -0.4 is 25.8 Å². The van der Waals surface area contributed by atoms with Crippen molar-refractivity contribution in [3.63, 3.8) is 0 Å². The van der Waals surface area contributed by atoms with E-state index >= 15 is 0 Å². The van der Waals surface area contributed by atoms with Gasteiger partial charge in [0, 0.05) is 65.7 Å². The maximum absolute atomic E-state index is 13.4. The molecule has 3 amide bonds. The largest absolute Gasteiger partial charge is 0.489 e. The van der Waals surface area contributed by atoms with Gasteiger partial charge in [-0.05, 0) is 79.8 Å². The number of carbonyl (C=O) groups excluding carboxylic acids is 3. The van der Waals surface area contributed by atoms with Gasteiger partial charge in [0.25, 0.3) is 17.4 Å². The lowest BCUT2D eigenvalue weighted by molar-refractivity contribution is -0.164. The van der Waals surface area contributed by atoms with Crippen LogP contribution in [0.15, 0.2) is 65.5 Å². The molecule has 0 spiro atoms. The summed E-state index contributed by atoms with van der Waals surface area (Å²) in [6.45, 7) is 9.92. The minimum atomic E-state index is -0.864. The van der Waals surface area contributed by atoms with Crippen LogP contribution in [0.3, 0.4) is 0 Å². The summed E-state index contributed by atoms with van der Waals surface area (Å²) in [5, 5.41) is 23.6. The molecule has 2 aliphatic heterocycles. The van der Waals surface area contributed by atoms with E-state index in [1.165, 1.54) is 0 Å². The van der Waals surface area contributed by atoms with E-state index in [-0.39, 0.29) is 47.6 Å². The number of imide groups is 1. The highest BCUT2D eigenvalue weighted by atomic mass is 35.5. The van der Waals surface area contributed by atoms with Gasteiger partial charge in [0.15, 0.2) is 0 Å². The summed E-state index contributed by atoms with van der Waals surface area (Å²) in [6.07, 6.45) is 2.80. The van der Waals surface area contributed by atoms with Crippen molar-refractivity contribution in [2.24, 2.45) is 16.7 Å². The van der Waals surface area contributed by atoms with Crippen LogP contribution in [0.25, 0.3) is 10.9 Å². The van der Waals surface area contributed by atoms with E-state index in [9.17, 15) is 24.4 Å². The number of amides is 3. The second-order valence-corrected chi connectivity index (χ2v) is 16.2. The summed E-state index contributed by atoms with van der Waals surface area (Å²) in [7, 11) is 0. The Labute approximate surface area is 324 Å². The molecule has 1 saturated carbocycles. The summed E-state index contributed by atoms with van der Waals surface area (Å²) in [6, 6.07) is 19.0. The monoisotopic (exact) mass is 759 g/mol. The number of fused-ring (bicyclic) bond motifs is 1. The van der Waals surface area contributed by atoms with Crippen LogP contribution in [-0.2, 0) is 9.59 Å². The molecule has 282 valence electrons. The molecule has 1 atom stereocenters. The van der Waals surface area contributed by atoms with E-state index in [0.717, 1.165) is 48.3 Å². The SMILES string of the molecule is CC1(C)[C@H](NC(=O)c2ccc(C#CCC3CCN(c4ccc5nnn(C6CCC(=O)NC6=O)c(=O)c5c4)CC3)cc2)C(C)(C)[C@H]1Oc1ccc(C#N)c(Cl)c1. The average molecular weight is 760 g/mol. The summed E-state index contributed by atoms with van der Waals surface area (Å²) < 4.78 is 7.43. The Morgan fingerprint density at radius 2 is 1.73 bits per heavy atom. The van der Waals surface area contributed by atoms with Crippen molar-refractivity contribution in [2.45, 2.75) is 78.0 Å². The minimum Gasteiger partial charge on any atom is -0.489 e. The molecule has 0 bridgehead atoms. The highest BCUT2D eigenvalue weighted by Gasteiger charge is 2.64. The van der Waals surface area contributed by atoms with E-state index < -0.39 is 17.5 Å². The second-order valence-electron chi connectivity index (χ2n) is 15.8. The zero-order valence-corrected chi connectivity index (χ0v) is 31.9. The van der Waals surface area contributed by atoms with E-state index in [1.807, 2.05) is 24.3 Å². The molecule has 3 aliphatic rings. The molecule has 55 heavy (non-hydrogen) atoms. The Morgan fingerprint density at radius 1 is 1.00 bits per heavy atom. The van der Waals surface area contributed by atoms with Crippen molar-refractivity contribution >= 4 is 45.9 Å². The molecule has 0 radical (unpaired) electrons. The molecule has 13 heteroatoms. The number of rotatable bonds is 7. The summed E-state index contributed by atoms with van der Waals surface area (Å²) in [4.78, 5) is 52.9. The fraction of sp³-hybridized carbons (Fsp3) is 0.405. The number of ether oxygens (including phenoxy) is 1. The van der Waals surface area contributed by atoms with Gasteiger partial charge in [0.2, 0.25) is 5.91 Å². The molecule has 3 aromatic carbocycles. The van der Waals surface area contributed by atoms with Gasteiger partial charge in [-0.2, -0.15) is 9.94 Å². The van der Waals surface area contributed by atoms with Gasteiger partial charge in [0.1, 0.15) is 29.5 Å². The zero-order chi connectivity index (χ0) is 39.1. The molecular formula is C42H42ClN7O5. The van der Waals surface area contributed by atoms with Crippen LogP contribution in [0.1, 0.15) is 87.3 Å². The normalized spacial score (nSPS) is 21.7. The van der Waals surface area contributed by atoms with Gasteiger partial charge < -0.3 is 15.0 Å². The third-order valence-electron chi connectivity index (χ3n) is 11.4. The van der Waals surface area contributed by atoms with Gasteiger partial charge in [0.05, 0.1) is 16.0 Å². The zero-order valence-electron chi connectivity index (χ0n) is 31.2. The number of nitriles is 1. The first-order valence-corrected chi connectivity index (χ1v) is 18.9. The minimum absolute atomic E-state index is 0.143. The fourth-order valence-electron chi connectivity index (χ4n) is 8.57. The Bertz CT molecular complexity index is 2330. The first-order chi connectivity index (χ1) is 26.3. The standard InChI is InChI=1S/C42H42ClN7O5/c1-41(2)39(42(3,4)40(41)55-30-14-12-28(24-44)32(43)23-30)46-36(52)27-10-8-25(9-11-27)6-5-7-26-18-20-49(21-19-26)29-13-15-33-31(22-29)38(54)50(48-47-33)34-16-17-35(51)45-37(34)53/h8-15,22-23,26,34,39-40H,7,16-21H2,1-4H3,(H,46,52)(H,45,51,53)/t34?,39-,40-. The van der Waals surface area contributed by atoms with E-state index in [1.54, 1.807) is 36.4 Å². The Morgan fingerprint density at radius 3 is 2.40 bits per heavy atom. The molecule has 3 heterocycles. The third kappa shape index (κ3) is 7.39. The van der Waals surface area contributed by atoms with E-state index in [2.05, 4.69) is 71.5 Å². The van der Waals surface area contributed by atoms with E-state index in [4.69, 9.17) is 16.3 Å². The maximum atomic E-state index is 13.4. The van der Waals surface area contributed by atoms with Crippen molar-refractivity contribution in [1.29, 1.82) is 5.26 Å². The lowest BCUT2D eigenvalue weighted by Gasteiger charge is -2.63. The predicted molar refractivity (Wildman–Crippen MR) is 207 cm³/mol. The number of piperidine rings is 2. The van der Waals surface area contributed by atoms with Crippen molar-refractivity contribution in [3.05, 3.63) is 92.7 Å². The van der Waals surface area contributed by atoms with Crippen molar-refractivity contribution in [3.8, 4) is 23.7 Å². The highest BCUT2D eigenvalue weighted by Crippen LogP contribution is 2.55. The number of nitrogens with one attached hydrogen (secondary N) is 2. The molecule has 1 aromatic heterocycles. The molecule has 7 rings (SSSR count). The van der Waals surface area contributed by atoms with Crippen LogP contribution in [-0.4, -0.2) is 58.0 Å². The highest BCUT2D eigenvalue weighted by molar-refractivity contribution is 6.31. The number of halogens is 1. The number of nitrogens with zero attached hydrogens (tertiary/aromatic N) is 5. The van der Waals surface area contributed by atoms with Gasteiger partial charge in [-0.3, -0.25) is 24.5 Å². The Balaban J connectivity index is 0.912. The van der Waals surface area contributed by atoms with Crippen molar-refractivity contribution < 1.29 is 19.1 Å². The number of hydrogen-bond acceptors (Lipinski definition) is 9. The average Bonchev–Trinajstić information content (AvgIpc) is 3.17. The molecule has 1 aliphatic carbocycles. The quantitative estimate of drug-likeness (QED) is 0.182. The molecule has 2 N–H and O–H groups in total. The van der Waals surface area contributed by atoms with Crippen LogP contribution in [0, 0.1) is 39.9 Å². The number of aromatic nitrogens is 3.